The first-order valence-corrected chi connectivity index (χ1v) is 8.14. The highest BCUT2D eigenvalue weighted by Crippen LogP contribution is 2.45. The molecule has 0 N–H and O–H groups in total. The van der Waals surface area contributed by atoms with Crippen LogP contribution in [0.5, 0.6) is 0 Å². The van der Waals surface area contributed by atoms with Crippen molar-refractivity contribution >= 4 is 5.91 Å². The Kier molecular flexibility index (Phi) is 4.61. The minimum atomic E-state index is -2.88. The molecule has 0 aliphatic carbocycles. The number of halogens is 2. The smallest absolute Gasteiger partial charge is 0.261 e. The molecule has 0 unspecified atom stereocenters. The Morgan fingerprint density at radius 3 is 2.88 bits per heavy atom. The molecular formula is C16H23F2N3O3. The van der Waals surface area contributed by atoms with E-state index >= 15 is 0 Å². The molecule has 0 aromatic carbocycles. The van der Waals surface area contributed by atoms with Gasteiger partial charge in [0.2, 0.25) is 5.91 Å². The van der Waals surface area contributed by atoms with E-state index in [0.29, 0.717) is 44.1 Å². The molecule has 1 aromatic heterocycles. The summed E-state index contributed by atoms with van der Waals surface area (Å²) in [6.07, 6.45) is 0.0795. The number of alkyl halides is 2. The lowest BCUT2D eigenvalue weighted by molar-refractivity contribution is -0.155. The molecule has 2 aliphatic heterocycles. The van der Waals surface area contributed by atoms with Crippen LogP contribution in [-0.4, -0.2) is 66.7 Å². The molecule has 2 aliphatic rings. The van der Waals surface area contributed by atoms with E-state index in [2.05, 4.69) is 5.16 Å². The Labute approximate surface area is 139 Å². The third kappa shape index (κ3) is 3.44. The highest BCUT2D eigenvalue weighted by Gasteiger charge is 2.56. The van der Waals surface area contributed by atoms with Gasteiger partial charge in [0.15, 0.2) is 0 Å². The van der Waals surface area contributed by atoms with E-state index in [0.717, 1.165) is 0 Å². The van der Waals surface area contributed by atoms with Gasteiger partial charge in [0.05, 0.1) is 24.3 Å². The maximum absolute atomic E-state index is 14.3. The van der Waals surface area contributed by atoms with Crippen molar-refractivity contribution in [3.8, 4) is 0 Å². The Bertz CT molecular complexity index is 607. The summed E-state index contributed by atoms with van der Waals surface area (Å²) in [5.41, 5.74) is -0.393. The molecule has 6 nitrogen and oxygen atoms in total. The van der Waals surface area contributed by atoms with Gasteiger partial charge >= 0.3 is 0 Å². The van der Waals surface area contributed by atoms with Gasteiger partial charge in [-0.05, 0) is 13.3 Å². The van der Waals surface area contributed by atoms with E-state index < -0.39 is 11.3 Å². The number of rotatable bonds is 5. The van der Waals surface area contributed by atoms with E-state index in [1.165, 1.54) is 0 Å². The first-order valence-electron chi connectivity index (χ1n) is 8.14. The van der Waals surface area contributed by atoms with Crippen LogP contribution in [0.1, 0.15) is 24.3 Å². The van der Waals surface area contributed by atoms with Crippen LogP contribution in [-0.2, 0) is 16.1 Å². The van der Waals surface area contributed by atoms with Gasteiger partial charge in [-0.1, -0.05) is 5.16 Å². The molecule has 3 rings (SSSR count). The Morgan fingerprint density at radius 2 is 2.21 bits per heavy atom. The van der Waals surface area contributed by atoms with Crippen LogP contribution in [0, 0.1) is 12.3 Å². The van der Waals surface area contributed by atoms with Crippen LogP contribution in [0.4, 0.5) is 8.78 Å². The Morgan fingerprint density at radius 1 is 1.42 bits per heavy atom. The average Bonchev–Trinajstić information content (AvgIpc) is 3.01. The van der Waals surface area contributed by atoms with Gasteiger partial charge in [0.25, 0.3) is 5.92 Å². The molecule has 0 bridgehead atoms. The normalized spacial score (nSPS) is 27.3. The van der Waals surface area contributed by atoms with Crippen molar-refractivity contribution in [2.45, 2.75) is 32.2 Å². The number of ether oxygens (including phenoxy) is 1. The zero-order chi connectivity index (χ0) is 17.4. The number of amides is 1. The molecule has 0 radical (unpaired) electrons. The van der Waals surface area contributed by atoms with Gasteiger partial charge in [0, 0.05) is 45.8 Å². The summed E-state index contributed by atoms with van der Waals surface area (Å²) in [7, 11) is 1.56. The summed E-state index contributed by atoms with van der Waals surface area (Å²) in [6.45, 7) is 3.38. The number of methoxy groups -OCH3 is 1. The second kappa shape index (κ2) is 6.40. The summed E-state index contributed by atoms with van der Waals surface area (Å²) in [5.74, 6) is -2.42. The van der Waals surface area contributed by atoms with E-state index in [1.54, 1.807) is 29.9 Å². The highest BCUT2D eigenvalue weighted by molar-refractivity contribution is 5.85. The summed E-state index contributed by atoms with van der Waals surface area (Å²) in [6, 6.07) is 1.74. The zero-order valence-corrected chi connectivity index (χ0v) is 14.1. The van der Waals surface area contributed by atoms with Crippen LogP contribution < -0.4 is 0 Å². The molecule has 1 amide bonds. The molecule has 1 spiro atoms. The molecule has 8 heteroatoms. The molecule has 2 fully saturated rings. The van der Waals surface area contributed by atoms with Gasteiger partial charge in [-0.2, -0.15) is 0 Å². The van der Waals surface area contributed by atoms with Crippen molar-refractivity contribution in [3.05, 3.63) is 17.5 Å². The van der Waals surface area contributed by atoms with Crippen molar-refractivity contribution in [2.24, 2.45) is 5.41 Å². The third-order valence-electron chi connectivity index (χ3n) is 4.81. The quantitative estimate of drug-likeness (QED) is 0.814. The predicted octanol–water partition coefficient (Wildman–Crippen LogP) is 1.69. The van der Waals surface area contributed by atoms with Crippen LogP contribution in [0.25, 0.3) is 0 Å². The van der Waals surface area contributed by atoms with Crippen molar-refractivity contribution in [2.75, 3.05) is 39.9 Å². The lowest BCUT2D eigenvalue weighted by atomic mass is 9.77. The average molecular weight is 343 g/mol. The fourth-order valence-corrected chi connectivity index (χ4v) is 3.87. The van der Waals surface area contributed by atoms with Gasteiger partial charge < -0.3 is 14.2 Å². The molecule has 24 heavy (non-hydrogen) atoms. The molecule has 0 saturated carbocycles. The molecular weight excluding hydrogens is 320 g/mol. The summed E-state index contributed by atoms with van der Waals surface area (Å²) in [4.78, 5) is 16.0. The summed E-state index contributed by atoms with van der Waals surface area (Å²) < 4.78 is 38.7. The van der Waals surface area contributed by atoms with Crippen molar-refractivity contribution < 1.29 is 22.8 Å². The maximum Gasteiger partial charge on any atom is 0.261 e. The van der Waals surface area contributed by atoms with E-state index in [1.807, 2.05) is 0 Å². The SMILES string of the molecule is COCCN1CC[C@]2(CN(Cc3cc(C)on3)CC(F)(F)C2)C1=O. The third-order valence-corrected chi connectivity index (χ3v) is 4.81. The van der Waals surface area contributed by atoms with E-state index in [9.17, 15) is 13.6 Å². The summed E-state index contributed by atoms with van der Waals surface area (Å²) >= 11 is 0. The van der Waals surface area contributed by atoms with Crippen molar-refractivity contribution in [1.82, 2.24) is 15.0 Å². The number of carbonyl (C=O) groups excluding carboxylic acids is 1. The topological polar surface area (TPSA) is 58.8 Å². The lowest BCUT2D eigenvalue weighted by Gasteiger charge is -2.42. The highest BCUT2D eigenvalue weighted by atomic mass is 19.3. The van der Waals surface area contributed by atoms with Gasteiger partial charge in [-0.15, -0.1) is 0 Å². The van der Waals surface area contributed by atoms with Crippen LogP contribution >= 0.6 is 0 Å². The standard InChI is InChI=1S/C16H23F2N3O3/c1-12-7-13(19-24-12)8-20-10-15(9-16(17,18)11-20)3-4-21(14(15)22)5-6-23-2/h7H,3-6,8-11H2,1-2H3/t15-/m0/s1. The second-order valence-corrected chi connectivity index (χ2v) is 6.92. The number of piperidine rings is 1. The van der Waals surface area contributed by atoms with Gasteiger partial charge in [-0.3, -0.25) is 9.69 Å². The number of hydrogen-bond acceptors (Lipinski definition) is 5. The number of aromatic nitrogens is 1. The minimum Gasteiger partial charge on any atom is -0.383 e. The molecule has 1 aromatic rings. The second-order valence-electron chi connectivity index (χ2n) is 6.92. The van der Waals surface area contributed by atoms with Crippen molar-refractivity contribution in [1.29, 1.82) is 0 Å². The predicted molar refractivity (Wildman–Crippen MR) is 81.6 cm³/mol. The van der Waals surface area contributed by atoms with Crippen LogP contribution in [0.2, 0.25) is 0 Å². The number of likely N-dealkylation sites (tertiary alicyclic amines) is 2. The number of nitrogens with zero attached hydrogens (tertiary/aromatic N) is 3. The molecule has 2 saturated heterocycles. The lowest BCUT2D eigenvalue weighted by Crippen LogP contribution is -2.55. The van der Waals surface area contributed by atoms with E-state index in [4.69, 9.17) is 9.26 Å². The van der Waals surface area contributed by atoms with Crippen LogP contribution in [0.3, 0.4) is 0 Å². The van der Waals surface area contributed by atoms with Crippen LogP contribution in [0.15, 0.2) is 10.6 Å². The fraction of sp³-hybridized carbons (Fsp3) is 0.750. The first kappa shape index (κ1) is 17.3. The van der Waals surface area contributed by atoms with Gasteiger partial charge in [0.1, 0.15) is 5.76 Å². The number of aryl methyl sites for hydroxylation is 1. The first-order chi connectivity index (χ1) is 11.3. The minimum absolute atomic E-state index is 0.180. The monoisotopic (exact) mass is 343 g/mol. The molecule has 134 valence electrons. The number of hydrogen-bond donors (Lipinski definition) is 0. The van der Waals surface area contributed by atoms with E-state index in [-0.39, 0.29) is 25.4 Å². The van der Waals surface area contributed by atoms with Gasteiger partial charge in [-0.25, -0.2) is 8.78 Å². The largest absolute Gasteiger partial charge is 0.383 e. The molecule has 1 atom stereocenters. The molecule has 3 heterocycles. The Hall–Kier alpha value is -1.54. The maximum atomic E-state index is 14.3. The summed E-state index contributed by atoms with van der Waals surface area (Å²) in [5, 5.41) is 3.87. The number of carbonyl (C=O) groups is 1. The Balaban J connectivity index is 1.74. The fourth-order valence-electron chi connectivity index (χ4n) is 3.87. The zero-order valence-electron chi connectivity index (χ0n) is 14.1. The van der Waals surface area contributed by atoms with Crippen molar-refractivity contribution in [3.63, 3.8) is 0 Å².